The standard InChI is InChI=1S/C16H24N2O3/c1-19-8-9-20-14-5-3-2-4-12(14)16(18-17)13-10-11-6-7-15(13)21-11/h2-5,11,13,15-16,18H,6-10,17H2,1H3. The first kappa shape index (κ1) is 14.8. The van der Waals surface area contributed by atoms with E-state index < -0.39 is 0 Å². The molecule has 0 saturated carbocycles. The lowest BCUT2D eigenvalue weighted by Gasteiger charge is -2.29. The normalized spacial score (nSPS) is 28.8. The lowest BCUT2D eigenvalue weighted by molar-refractivity contribution is 0.0852. The summed E-state index contributed by atoms with van der Waals surface area (Å²) in [7, 11) is 1.67. The van der Waals surface area contributed by atoms with E-state index in [1.807, 2.05) is 18.2 Å². The highest BCUT2D eigenvalue weighted by Crippen LogP contribution is 2.45. The van der Waals surface area contributed by atoms with E-state index in [0.29, 0.717) is 31.3 Å². The molecule has 2 heterocycles. The predicted molar refractivity (Wildman–Crippen MR) is 79.9 cm³/mol. The fraction of sp³-hybridized carbons (Fsp3) is 0.625. The zero-order valence-corrected chi connectivity index (χ0v) is 12.5. The Morgan fingerprint density at radius 2 is 2.19 bits per heavy atom. The molecule has 2 bridgehead atoms. The molecule has 4 unspecified atom stereocenters. The minimum absolute atomic E-state index is 0.0686. The summed E-state index contributed by atoms with van der Waals surface area (Å²) in [6.07, 6.45) is 4.14. The molecular weight excluding hydrogens is 268 g/mol. The van der Waals surface area contributed by atoms with E-state index in [1.165, 1.54) is 6.42 Å². The van der Waals surface area contributed by atoms with Crippen molar-refractivity contribution in [2.24, 2.45) is 11.8 Å². The monoisotopic (exact) mass is 292 g/mol. The van der Waals surface area contributed by atoms with Crippen LogP contribution >= 0.6 is 0 Å². The van der Waals surface area contributed by atoms with Gasteiger partial charge in [-0.3, -0.25) is 11.3 Å². The average Bonchev–Trinajstić information content (AvgIpc) is 3.13. The van der Waals surface area contributed by atoms with Gasteiger partial charge in [-0.05, 0) is 25.3 Å². The molecule has 0 amide bonds. The fourth-order valence-electron chi connectivity index (χ4n) is 3.58. The third-order valence-corrected chi connectivity index (χ3v) is 4.56. The molecule has 2 aliphatic heterocycles. The zero-order valence-electron chi connectivity index (χ0n) is 12.5. The van der Waals surface area contributed by atoms with Crippen LogP contribution in [0.2, 0.25) is 0 Å². The number of hydrogen-bond acceptors (Lipinski definition) is 5. The largest absolute Gasteiger partial charge is 0.491 e. The molecule has 5 heteroatoms. The van der Waals surface area contributed by atoms with Crippen molar-refractivity contribution in [3.8, 4) is 5.75 Å². The first-order chi connectivity index (χ1) is 10.3. The van der Waals surface area contributed by atoms with E-state index in [0.717, 1.165) is 24.2 Å². The Balaban J connectivity index is 1.77. The van der Waals surface area contributed by atoms with E-state index in [4.69, 9.17) is 20.1 Å². The first-order valence-corrected chi connectivity index (χ1v) is 7.65. The molecule has 1 aromatic carbocycles. The number of benzene rings is 1. The van der Waals surface area contributed by atoms with Crippen molar-refractivity contribution in [2.45, 2.75) is 37.5 Å². The topological polar surface area (TPSA) is 65.7 Å². The third kappa shape index (κ3) is 3.06. The van der Waals surface area contributed by atoms with Gasteiger partial charge in [-0.25, -0.2) is 0 Å². The summed E-state index contributed by atoms with van der Waals surface area (Å²) >= 11 is 0. The SMILES string of the molecule is COCCOc1ccccc1C(NN)C1CC2CCC1O2. The highest BCUT2D eigenvalue weighted by Gasteiger charge is 2.45. The van der Waals surface area contributed by atoms with Gasteiger partial charge in [0.2, 0.25) is 0 Å². The maximum absolute atomic E-state index is 5.97. The van der Waals surface area contributed by atoms with E-state index in [-0.39, 0.29) is 6.04 Å². The Labute approximate surface area is 125 Å². The van der Waals surface area contributed by atoms with Crippen molar-refractivity contribution in [1.82, 2.24) is 5.43 Å². The molecule has 3 N–H and O–H groups in total. The second kappa shape index (κ2) is 6.75. The minimum atomic E-state index is 0.0686. The van der Waals surface area contributed by atoms with Crippen molar-refractivity contribution in [1.29, 1.82) is 0 Å². The molecule has 2 aliphatic rings. The molecule has 3 rings (SSSR count). The second-order valence-corrected chi connectivity index (χ2v) is 5.80. The summed E-state index contributed by atoms with van der Waals surface area (Å²) in [5, 5.41) is 0. The summed E-state index contributed by atoms with van der Waals surface area (Å²) < 4.78 is 16.9. The lowest BCUT2D eigenvalue weighted by Crippen LogP contribution is -2.37. The molecule has 0 radical (unpaired) electrons. The van der Waals surface area contributed by atoms with Crippen LogP contribution in [0.4, 0.5) is 0 Å². The fourth-order valence-corrected chi connectivity index (χ4v) is 3.58. The molecule has 0 aromatic heterocycles. The van der Waals surface area contributed by atoms with Crippen LogP contribution in [-0.2, 0) is 9.47 Å². The van der Waals surface area contributed by atoms with Crippen molar-refractivity contribution < 1.29 is 14.2 Å². The molecule has 0 aliphatic carbocycles. The van der Waals surface area contributed by atoms with Crippen LogP contribution in [0.1, 0.15) is 30.9 Å². The quantitative estimate of drug-likeness (QED) is 0.455. The minimum Gasteiger partial charge on any atom is -0.491 e. The van der Waals surface area contributed by atoms with Gasteiger partial charge in [0.25, 0.3) is 0 Å². The third-order valence-electron chi connectivity index (χ3n) is 4.56. The van der Waals surface area contributed by atoms with Gasteiger partial charge < -0.3 is 14.2 Å². The van der Waals surface area contributed by atoms with Gasteiger partial charge in [0.05, 0.1) is 24.9 Å². The summed E-state index contributed by atoms with van der Waals surface area (Å²) in [6.45, 7) is 1.12. The van der Waals surface area contributed by atoms with Crippen molar-refractivity contribution in [2.75, 3.05) is 20.3 Å². The van der Waals surface area contributed by atoms with Crippen LogP contribution in [0.15, 0.2) is 24.3 Å². The van der Waals surface area contributed by atoms with Gasteiger partial charge in [0.1, 0.15) is 12.4 Å². The van der Waals surface area contributed by atoms with E-state index in [1.54, 1.807) is 7.11 Å². The van der Waals surface area contributed by atoms with E-state index in [2.05, 4.69) is 11.5 Å². The number of ether oxygens (including phenoxy) is 3. The lowest BCUT2D eigenvalue weighted by atomic mass is 9.81. The Morgan fingerprint density at radius 3 is 2.86 bits per heavy atom. The number of rotatable bonds is 7. The Hall–Kier alpha value is -1.14. The summed E-state index contributed by atoms with van der Waals surface area (Å²) in [4.78, 5) is 0. The maximum Gasteiger partial charge on any atom is 0.124 e. The van der Waals surface area contributed by atoms with Crippen molar-refractivity contribution in [3.05, 3.63) is 29.8 Å². The van der Waals surface area contributed by atoms with Crippen LogP contribution in [0.25, 0.3) is 0 Å². The molecule has 21 heavy (non-hydrogen) atoms. The van der Waals surface area contributed by atoms with Gasteiger partial charge in [0.15, 0.2) is 0 Å². The second-order valence-electron chi connectivity index (χ2n) is 5.80. The number of nitrogens with one attached hydrogen (secondary N) is 1. The Bertz CT molecular complexity index is 469. The van der Waals surface area contributed by atoms with Crippen LogP contribution in [0.3, 0.4) is 0 Å². The number of hydrogen-bond donors (Lipinski definition) is 2. The van der Waals surface area contributed by atoms with Crippen molar-refractivity contribution >= 4 is 0 Å². The highest BCUT2D eigenvalue weighted by atomic mass is 16.5. The smallest absolute Gasteiger partial charge is 0.124 e. The summed E-state index contributed by atoms with van der Waals surface area (Å²) in [5.74, 6) is 7.15. The molecule has 2 saturated heterocycles. The summed E-state index contributed by atoms with van der Waals surface area (Å²) in [5.41, 5.74) is 4.09. The number of hydrazine groups is 1. The first-order valence-electron chi connectivity index (χ1n) is 7.65. The van der Waals surface area contributed by atoms with Crippen LogP contribution in [0.5, 0.6) is 5.75 Å². The number of methoxy groups -OCH3 is 1. The van der Waals surface area contributed by atoms with Crippen LogP contribution in [0, 0.1) is 5.92 Å². The van der Waals surface area contributed by atoms with Gasteiger partial charge >= 0.3 is 0 Å². The van der Waals surface area contributed by atoms with Gasteiger partial charge in [0, 0.05) is 18.6 Å². The van der Waals surface area contributed by atoms with Crippen molar-refractivity contribution in [3.63, 3.8) is 0 Å². The molecule has 5 nitrogen and oxygen atoms in total. The van der Waals surface area contributed by atoms with Gasteiger partial charge in [-0.2, -0.15) is 0 Å². The molecule has 116 valence electrons. The Morgan fingerprint density at radius 1 is 1.33 bits per heavy atom. The average molecular weight is 292 g/mol. The van der Waals surface area contributed by atoms with E-state index >= 15 is 0 Å². The number of para-hydroxylation sites is 1. The number of fused-ring (bicyclic) bond motifs is 2. The maximum atomic E-state index is 5.97. The van der Waals surface area contributed by atoms with Crippen LogP contribution in [-0.4, -0.2) is 32.5 Å². The van der Waals surface area contributed by atoms with Crippen LogP contribution < -0.4 is 16.0 Å². The molecular formula is C16H24N2O3. The van der Waals surface area contributed by atoms with E-state index in [9.17, 15) is 0 Å². The number of nitrogens with two attached hydrogens (primary N) is 1. The van der Waals surface area contributed by atoms with Gasteiger partial charge in [-0.1, -0.05) is 18.2 Å². The molecule has 0 spiro atoms. The van der Waals surface area contributed by atoms with Gasteiger partial charge in [-0.15, -0.1) is 0 Å². The molecule has 1 aromatic rings. The molecule has 2 fully saturated rings. The Kier molecular flexibility index (Phi) is 4.75. The zero-order chi connectivity index (χ0) is 14.7. The highest BCUT2D eigenvalue weighted by molar-refractivity contribution is 5.36. The summed E-state index contributed by atoms with van der Waals surface area (Å²) in [6, 6.07) is 8.15. The molecule has 4 atom stereocenters. The predicted octanol–water partition coefficient (Wildman–Crippen LogP) is 1.78.